The fraction of sp³-hybridized carbons (Fsp3) is 0.143. The first kappa shape index (κ1) is 13.9. The number of nitrogens with one attached hydrogen (secondary N) is 1. The number of hydrogen-bond donors (Lipinski definition) is 3. The van der Waals surface area contributed by atoms with Crippen molar-refractivity contribution >= 4 is 16.8 Å². The van der Waals surface area contributed by atoms with Gasteiger partial charge in [0.2, 0.25) is 0 Å². The average molecular weight is 242 g/mol. The second kappa shape index (κ2) is 6.38. The summed E-state index contributed by atoms with van der Waals surface area (Å²) in [5, 5.41) is 0. The molecule has 8 heteroatoms. The SMILES string of the molecule is NNc1ccccc1.O=S(O)C(F)(F)F. The quantitative estimate of drug-likeness (QED) is 0.398. The maximum absolute atomic E-state index is 10.6. The summed E-state index contributed by atoms with van der Waals surface area (Å²) in [7, 11) is 0. The van der Waals surface area contributed by atoms with E-state index in [1.54, 1.807) is 0 Å². The van der Waals surface area contributed by atoms with Crippen LogP contribution in [0.2, 0.25) is 0 Å². The van der Waals surface area contributed by atoms with Crippen LogP contribution in [-0.4, -0.2) is 14.3 Å². The lowest BCUT2D eigenvalue weighted by Crippen LogP contribution is -2.14. The van der Waals surface area contributed by atoms with E-state index in [9.17, 15) is 13.2 Å². The van der Waals surface area contributed by atoms with Crippen molar-refractivity contribution in [2.45, 2.75) is 5.51 Å². The summed E-state index contributed by atoms with van der Waals surface area (Å²) >= 11 is -3.68. The Hall–Kier alpha value is -1.12. The van der Waals surface area contributed by atoms with Gasteiger partial charge in [-0.2, -0.15) is 13.2 Å². The topological polar surface area (TPSA) is 75.3 Å². The third kappa shape index (κ3) is 6.89. The molecule has 4 nitrogen and oxygen atoms in total. The third-order valence-electron chi connectivity index (χ3n) is 1.14. The molecule has 1 rings (SSSR count). The van der Waals surface area contributed by atoms with Gasteiger partial charge in [0.15, 0.2) is 0 Å². The molecule has 4 N–H and O–H groups in total. The number of rotatable bonds is 1. The van der Waals surface area contributed by atoms with Crippen molar-refractivity contribution in [2.24, 2.45) is 5.84 Å². The van der Waals surface area contributed by atoms with Crippen molar-refractivity contribution in [3.05, 3.63) is 30.3 Å². The molecule has 0 amide bonds. The Morgan fingerprint density at radius 3 is 1.87 bits per heavy atom. The molecule has 0 heterocycles. The average Bonchev–Trinajstić information content (AvgIpc) is 2.18. The summed E-state index contributed by atoms with van der Waals surface area (Å²) in [5.74, 6) is 5.10. The third-order valence-corrected chi connectivity index (χ3v) is 1.53. The number of nitrogen functional groups attached to an aromatic ring is 1. The first-order valence-electron chi connectivity index (χ1n) is 3.57. The molecule has 0 spiro atoms. The van der Waals surface area contributed by atoms with Gasteiger partial charge >= 0.3 is 5.51 Å². The van der Waals surface area contributed by atoms with E-state index in [0.29, 0.717) is 0 Å². The van der Waals surface area contributed by atoms with E-state index in [1.165, 1.54) is 0 Å². The number of para-hydroxylation sites is 1. The minimum Gasteiger partial charge on any atom is -0.324 e. The van der Waals surface area contributed by atoms with Crippen LogP contribution < -0.4 is 11.3 Å². The molecule has 0 saturated carbocycles. The van der Waals surface area contributed by atoms with E-state index in [2.05, 4.69) is 5.43 Å². The summed E-state index contributed by atoms with van der Waals surface area (Å²) < 4.78 is 48.1. The van der Waals surface area contributed by atoms with Crippen LogP contribution in [0.4, 0.5) is 18.9 Å². The van der Waals surface area contributed by atoms with Crippen molar-refractivity contribution in [1.82, 2.24) is 0 Å². The van der Waals surface area contributed by atoms with Gasteiger partial charge in [0.25, 0.3) is 11.1 Å². The number of hydrazine groups is 1. The van der Waals surface area contributed by atoms with Crippen molar-refractivity contribution in [3.63, 3.8) is 0 Å². The first-order chi connectivity index (χ1) is 6.88. The Balaban J connectivity index is 0.000000265. The lowest BCUT2D eigenvalue weighted by molar-refractivity contribution is -0.0446. The molecule has 1 aromatic rings. The van der Waals surface area contributed by atoms with Gasteiger partial charge in [-0.3, -0.25) is 10.4 Å². The molecule has 0 radical (unpaired) electrons. The molecule has 86 valence electrons. The molecule has 0 aliphatic carbocycles. The molecule has 1 aromatic carbocycles. The predicted octanol–water partition coefficient (Wildman–Crippen LogP) is 1.70. The van der Waals surface area contributed by atoms with Crippen molar-refractivity contribution in [2.75, 3.05) is 5.43 Å². The van der Waals surface area contributed by atoms with E-state index < -0.39 is 16.6 Å². The Kier molecular flexibility index (Phi) is 5.90. The number of hydrogen-bond acceptors (Lipinski definition) is 3. The van der Waals surface area contributed by atoms with Crippen molar-refractivity contribution < 1.29 is 21.9 Å². The standard InChI is InChI=1S/C6H8N2.CHF3O2S/c7-8-6-4-2-1-3-5-6;2-1(3,4)7(5)6/h1-5,8H,7H2;(H,5,6). The Bertz CT molecular complexity index is 305. The van der Waals surface area contributed by atoms with E-state index in [4.69, 9.17) is 14.6 Å². The lowest BCUT2D eigenvalue weighted by atomic mass is 10.3. The monoisotopic (exact) mass is 242 g/mol. The minimum absolute atomic E-state index is 0.938. The van der Waals surface area contributed by atoms with Gasteiger partial charge in [-0.1, -0.05) is 18.2 Å². The Morgan fingerprint density at radius 1 is 1.27 bits per heavy atom. The van der Waals surface area contributed by atoms with Gasteiger partial charge in [0.1, 0.15) is 0 Å². The fourth-order valence-corrected chi connectivity index (χ4v) is 0.534. The number of anilines is 1. The fourth-order valence-electron chi connectivity index (χ4n) is 0.534. The molecule has 0 aliphatic heterocycles. The maximum Gasteiger partial charge on any atom is 0.496 e. The highest BCUT2D eigenvalue weighted by Gasteiger charge is 2.35. The molecule has 15 heavy (non-hydrogen) atoms. The highest BCUT2D eigenvalue weighted by atomic mass is 32.2. The van der Waals surface area contributed by atoms with E-state index in [-0.39, 0.29) is 0 Å². The lowest BCUT2D eigenvalue weighted by Gasteiger charge is -1.94. The molecule has 0 fully saturated rings. The molecular formula is C7H9F3N2O2S. The van der Waals surface area contributed by atoms with E-state index in [0.717, 1.165) is 5.69 Å². The zero-order valence-corrected chi connectivity index (χ0v) is 8.18. The molecular weight excluding hydrogens is 233 g/mol. The van der Waals surface area contributed by atoms with Crippen LogP contribution in [0.3, 0.4) is 0 Å². The van der Waals surface area contributed by atoms with Gasteiger partial charge in [-0.15, -0.1) is 0 Å². The number of halogens is 3. The summed E-state index contributed by atoms with van der Waals surface area (Å²) in [4.78, 5) is 0. The molecule has 0 bridgehead atoms. The number of nitrogens with two attached hydrogens (primary N) is 1. The van der Waals surface area contributed by atoms with Gasteiger partial charge in [0, 0.05) is 5.69 Å². The Morgan fingerprint density at radius 2 is 1.67 bits per heavy atom. The van der Waals surface area contributed by atoms with Crippen LogP contribution in [0.1, 0.15) is 0 Å². The van der Waals surface area contributed by atoms with Gasteiger partial charge in [-0.25, -0.2) is 4.21 Å². The smallest absolute Gasteiger partial charge is 0.324 e. The highest BCUT2D eigenvalue weighted by Crippen LogP contribution is 2.16. The summed E-state index contributed by atoms with van der Waals surface area (Å²) in [6.45, 7) is 0. The normalized spacial score (nSPS) is 12.3. The molecule has 0 aromatic heterocycles. The van der Waals surface area contributed by atoms with E-state index >= 15 is 0 Å². The maximum atomic E-state index is 10.6. The summed E-state index contributed by atoms with van der Waals surface area (Å²) in [6.07, 6.45) is 0. The number of alkyl halides is 3. The van der Waals surface area contributed by atoms with Gasteiger partial charge in [0.05, 0.1) is 0 Å². The van der Waals surface area contributed by atoms with Crippen LogP contribution in [0.5, 0.6) is 0 Å². The van der Waals surface area contributed by atoms with Crippen LogP contribution in [0.25, 0.3) is 0 Å². The van der Waals surface area contributed by atoms with Crippen molar-refractivity contribution in [1.29, 1.82) is 0 Å². The predicted molar refractivity (Wildman–Crippen MR) is 51.1 cm³/mol. The molecule has 1 atom stereocenters. The highest BCUT2D eigenvalue weighted by molar-refractivity contribution is 7.80. The second-order valence-electron chi connectivity index (χ2n) is 2.21. The van der Waals surface area contributed by atoms with Crippen LogP contribution in [-0.2, 0) is 11.1 Å². The van der Waals surface area contributed by atoms with Crippen molar-refractivity contribution in [3.8, 4) is 0 Å². The first-order valence-corrected chi connectivity index (χ1v) is 4.68. The minimum atomic E-state index is -4.97. The van der Waals surface area contributed by atoms with Crippen LogP contribution >= 0.6 is 0 Å². The molecule has 1 unspecified atom stereocenters. The van der Waals surface area contributed by atoms with Gasteiger partial charge < -0.3 is 5.43 Å². The van der Waals surface area contributed by atoms with Gasteiger partial charge in [-0.05, 0) is 12.1 Å². The Labute approximate surface area is 86.5 Å². The zero-order chi connectivity index (χ0) is 11.9. The number of benzene rings is 1. The molecule has 0 aliphatic rings. The zero-order valence-electron chi connectivity index (χ0n) is 7.36. The largest absolute Gasteiger partial charge is 0.496 e. The summed E-state index contributed by atoms with van der Waals surface area (Å²) in [6, 6.07) is 9.60. The van der Waals surface area contributed by atoms with Crippen LogP contribution in [0.15, 0.2) is 30.3 Å². The van der Waals surface area contributed by atoms with Crippen LogP contribution in [0, 0.1) is 0 Å². The summed E-state index contributed by atoms with van der Waals surface area (Å²) in [5.41, 5.74) is -1.51. The molecule has 0 saturated heterocycles. The second-order valence-corrected chi connectivity index (χ2v) is 3.17. The van der Waals surface area contributed by atoms with E-state index in [1.807, 2.05) is 30.3 Å².